The zero-order chi connectivity index (χ0) is 15.9. The molecule has 1 aromatic heterocycles. The van der Waals surface area contributed by atoms with Crippen LogP contribution in [0.25, 0.3) is 0 Å². The molecule has 0 spiro atoms. The van der Waals surface area contributed by atoms with Crippen molar-refractivity contribution in [3.05, 3.63) is 54.0 Å². The number of hydrogen-bond acceptors (Lipinski definition) is 4. The standard InChI is InChI=1S/C15H15N3O4/c16-14(20)10-3-1-4-11(9-10)18-13(19)6-7-17-15(21)12-5-2-8-22-12/h1-5,8-9H,6-7H2,(H2,16,20)(H,17,21)(H,18,19). The fraction of sp³-hybridized carbons (Fsp3) is 0.133. The van der Waals surface area contributed by atoms with Crippen molar-refractivity contribution in [3.8, 4) is 0 Å². The molecule has 0 bridgehead atoms. The second-order valence-electron chi connectivity index (χ2n) is 4.48. The minimum atomic E-state index is -0.568. The Morgan fingerprint density at radius 3 is 2.64 bits per heavy atom. The zero-order valence-corrected chi connectivity index (χ0v) is 11.7. The Labute approximate surface area is 126 Å². The largest absolute Gasteiger partial charge is 0.459 e. The van der Waals surface area contributed by atoms with Crippen LogP contribution < -0.4 is 16.4 Å². The van der Waals surface area contributed by atoms with Gasteiger partial charge in [-0.2, -0.15) is 0 Å². The maximum atomic E-state index is 11.8. The molecule has 0 aliphatic carbocycles. The summed E-state index contributed by atoms with van der Waals surface area (Å²) >= 11 is 0. The highest BCUT2D eigenvalue weighted by atomic mass is 16.3. The first-order chi connectivity index (χ1) is 10.6. The van der Waals surface area contributed by atoms with Crippen molar-refractivity contribution in [1.29, 1.82) is 0 Å². The van der Waals surface area contributed by atoms with E-state index in [4.69, 9.17) is 10.2 Å². The van der Waals surface area contributed by atoms with Crippen LogP contribution in [0.5, 0.6) is 0 Å². The van der Waals surface area contributed by atoms with E-state index in [2.05, 4.69) is 10.6 Å². The molecule has 0 unspecified atom stereocenters. The first-order valence-corrected chi connectivity index (χ1v) is 6.57. The lowest BCUT2D eigenvalue weighted by Gasteiger charge is -2.07. The van der Waals surface area contributed by atoms with Gasteiger partial charge in [0.05, 0.1) is 6.26 Å². The van der Waals surface area contributed by atoms with Crippen molar-refractivity contribution in [1.82, 2.24) is 5.32 Å². The zero-order valence-electron chi connectivity index (χ0n) is 11.7. The molecule has 22 heavy (non-hydrogen) atoms. The lowest BCUT2D eigenvalue weighted by molar-refractivity contribution is -0.116. The molecule has 3 amide bonds. The number of benzene rings is 1. The molecule has 7 heteroatoms. The maximum absolute atomic E-state index is 11.8. The third-order valence-electron chi connectivity index (χ3n) is 2.81. The summed E-state index contributed by atoms with van der Waals surface area (Å²) in [6.07, 6.45) is 1.49. The van der Waals surface area contributed by atoms with Gasteiger partial charge in [-0.15, -0.1) is 0 Å². The summed E-state index contributed by atoms with van der Waals surface area (Å²) in [6.45, 7) is 0.168. The fourth-order valence-corrected chi connectivity index (χ4v) is 1.76. The molecule has 2 aromatic rings. The molecule has 0 radical (unpaired) electrons. The summed E-state index contributed by atoms with van der Waals surface area (Å²) in [5.74, 6) is -1.05. The molecule has 1 heterocycles. The van der Waals surface area contributed by atoms with Gasteiger partial charge in [-0.25, -0.2) is 0 Å². The Balaban J connectivity index is 1.79. The maximum Gasteiger partial charge on any atom is 0.286 e. The van der Waals surface area contributed by atoms with Crippen molar-refractivity contribution in [2.45, 2.75) is 6.42 Å². The Morgan fingerprint density at radius 1 is 1.14 bits per heavy atom. The summed E-state index contributed by atoms with van der Waals surface area (Å²) in [4.78, 5) is 34.4. The molecule has 7 nitrogen and oxygen atoms in total. The quantitative estimate of drug-likeness (QED) is 0.742. The Hall–Kier alpha value is -3.09. The predicted molar refractivity (Wildman–Crippen MR) is 79.2 cm³/mol. The smallest absolute Gasteiger partial charge is 0.286 e. The van der Waals surface area contributed by atoms with E-state index in [9.17, 15) is 14.4 Å². The predicted octanol–water partition coefficient (Wildman–Crippen LogP) is 1.14. The van der Waals surface area contributed by atoms with Crippen molar-refractivity contribution in [3.63, 3.8) is 0 Å². The first kappa shape index (κ1) is 15.3. The van der Waals surface area contributed by atoms with Crippen LogP contribution in [0, 0.1) is 0 Å². The van der Waals surface area contributed by atoms with Crippen LogP contribution in [-0.4, -0.2) is 24.3 Å². The first-order valence-electron chi connectivity index (χ1n) is 6.57. The number of primary amides is 1. The van der Waals surface area contributed by atoms with Crippen LogP contribution in [0.2, 0.25) is 0 Å². The highest BCUT2D eigenvalue weighted by molar-refractivity contribution is 5.96. The summed E-state index contributed by atoms with van der Waals surface area (Å²) in [5, 5.41) is 5.19. The van der Waals surface area contributed by atoms with Crippen molar-refractivity contribution in [2.24, 2.45) is 5.73 Å². The molecular weight excluding hydrogens is 286 g/mol. The van der Waals surface area contributed by atoms with Gasteiger partial charge in [-0.1, -0.05) is 6.07 Å². The number of rotatable bonds is 6. The molecule has 2 rings (SSSR count). The number of furan rings is 1. The second kappa shape index (κ2) is 7.07. The van der Waals surface area contributed by atoms with Crippen molar-refractivity contribution in [2.75, 3.05) is 11.9 Å². The van der Waals surface area contributed by atoms with Gasteiger partial charge >= 0.3 is 0 Å². The van der Waals surface area contributed by atoms with E-state index in [0.29, 0.717) is 11.3 Å². The number of amides is 3. The number of carbonyl (C=O) groups is 3. The third-order valence-corrected chi connectivity index (χ3v) is 2.81. The van der Waals surface area contributed by atoms with Gasteiger partial charge in [0.25, 0.3) is 5.91 Å². The third kappa shape index (κ3) is 4.20. The number of hydrogen-bond donors (Lipinski definition) is 3. The van der Waals surface area contributed by atoms with Crippen molar-refractivity contribution >= 4 is 23.4 Å². The molecular formula is C15H15N3O4. The average Bonchev–Trinajstić information content (AvgIpc) is 3.01. The van der Waals surface area contributed by atoms with Crippen LogP contribution in [0.15, 0.2) is 47.1 Å². The molecule has 0 aliphatic rings. The molecule has 0 atom stereocenters. The van der Waals surface area contributed by atoms with E-state index in [0.717, 1.165) is 0 Å². The minimum Gasteiger partial charge on any atom is -0.459 e. The Morgan fingerprint density at radius 2 is 1.95 bits per heavy atom. The summed E-state index contributed by atoms with van der Waals surface area (Å²) in [7, 11) is 0. The van der Waals surface area contributed by atoms with E-state index in [1.54, 1.807) is 24.3 Å². The Kier molecular flexibility index (Phi) is 4.92. The molecule has 0 saturated heterocycles. The van der Waals surface area contributed by atoms with Gasteiger partial charge in [-0.3, -0.25) is 14.4 Å². The molecule has 114 valence electrons. The molecule has 4 N–H and O–H groups in total. The lowest BCUT2D eigenvalue weighted by atomic mass is 10.2. The van der Waals surface area contributed by atoms with Crippen LogP contribution >= 0.6 is 0 Å². The molecule has 0 aliphatic heterocycles. The van der Waals surface area contributed by atoms with Gasteiger partial charge < -0.3 is 20.8 Å². The molecule has 1 aromatic carbocycles. The second-order valence-corrected chi connectivity index (χ2v) is 4.48. The van der Waals surface area contributed by atoms with E-state index in [-0.39, 0.29) is 30.5 Å². The van der Waals surface area contributed by atoms with E-state index >= 15 is 0 Å². The Bertz CT molecular complexity index is 680. The number of nitrogens with one attached hydrogen (secondary N) is 2. The highest BCUT2D eigenvalue weighted by Crippen LogP contribution is 2.10. The van der Waals surface area contributed by atoms with E-state index in [1.807, 2.05) is 0 Å². The molecule has 0 saturated carbocycles. The lowest BCUT2D eigenvalue weighted by Crippen LogP contribution is -2.27. The van der Waals surface area contributed by atoms with E-state index < -0.39 is 5.91 Å². The van der Waals surface area contributed by atoms with Gasteiger partial charge in [0.1, 0.15) is 0 Å². The van der Waals surface area contributed by atoms with Gasteiger partial charge in [0.15, 0.2) is 5.76 Å². The average molecular weight is 301 g/mol. The number of carbonyl (C=O) groups excluding carboxylic acids is 3. The number of anilines is 1. The summed E-state index contributed by atoms with van der Waals surface area (Å²) in [6, 6.07) is 9.45. The van der Waals surface area contributed by atoms with Crippen LogP contribution in [-0.2, 0) is 4.79 Å². The summed E-state index contributed by atoms with van der Waals surface area (Å²) < 4.78 is 4.93. The summed E-state index contributed by atoms with van der Waals surface area (Å²) in [5.41, 5.74) is 5.95. The van der Waals surface area contributed by atoms with Crippen LogP contribution in [0.1, 0.15) is 27.3 Å². The monoisotopic (exact) mass is 301 g/mol. The minimum absolute atomic E-state index is 0.0905. The number of nitrogens with two attached hydrogens (primary N) is 1. The SMILES string of the molecule is NC(=O)c1cccc(NC(=O)CCNC(=O)c2ccco2)c1. The normalized spacial score (nSPS) is 10.0. The van der Waals surface area contributed by atoms with Crippen LogP contribution in [0.3, 0.4) is 0 Å². The topological polar surface area (TPSA) is 114 Å². The van der Waals surface area contributed by atoms with E-state index in [1.165, 1.54) is 18.4 Å². The van der Waals surface area contributed by atoms with Gasteiger partial charge in [0.2, 0.25) is 11.8 Å². The van der Waals surface area contributed by atoms with Gasteiger partial charge in [-0.05, 0) is 30.3 Å². The molecule has 0 fully saturated rings. The van der Waals surface area contributed by atoms with Crippen LogP contribution in [0.4, 0.5) is 5.69 Å². The van der Waals surface area contributed by atoms with Crippen molar-refractivity contribution < 1.29 is 18.8 Å². The fourth-order valence-electron chi connectivity index (χ4n) is 1.76. The highest BCUT2D eigenvalue weighted by Gasteiger charge is 2.09. The van der Waals surface area contributed by atoms with Gasteiger partial charge in [0, 0.05) is 24.2 Å².